The number of hydrogen-bond acceptors (Lipinski definition) is 3. The minimum Gasteiger partial charge on any atom is -0.348 e. The van der Waals surface area contributed by atoms with Crippen molar-refractivity contribution >= 4 is 29.1 Å². The van der Waals surface area contributed by atoms with E-state index in [1.165, 1.54) is 0 Å². The average Bonchev–Trinajstić information content (AvgIpc) is 2.54. The Bertz CT molecular complexity index is 751. The zero-order valence-corrected chi connectivity index (χ0v) is 12.9. The Morgan fingerprint density at radius 3 is 2.52 bits per heavy atom. The molecule has 2 aromatic carbocycles. The van der Waals surface area contributed by atoms with Crippen molar-refractivity contribution < 1.29 is 9.59 Å². The molecule has 0 spiro atoms. The molecule has 0 aliphatic carbocycles. The molecule has 2 aromatic rings. The Kier molecular flexibility index (Phi) is 5.73. The number of benzene rings is 2. The molecular weight excluding hydrogens is 314 g/mol. The molecule has 2 N–H and O–H groups in total. The molecule has 0 saturated carbocycles. The highest BCUT2D eigenvalue weighted by atomic mass is 35.5. The number of nitrogens with one attached hydrogen (secondary N) is 2. The van der Waals surface area contributed by atoms with Crippen molar-refractivity contribution in [1.82, 2.24) is 5.32 Å². The van der Waals surface area contributed by atoms with Gasteiger partial charge in [-0.3, -0.25) is 9.59 Å². The van der Waals surface area contributed by atoms with E-state index >= 15 is 0 Å². The van der Waals surface area contributed by atoms with Gasteiger partial charge < -0.3 is 10.6 Å². The number of amides is 2. The molecule has 0 unspecified atom stereocenters. The largest absolute Gasteiger partial charge is 0.348 e. The van der Waals surface area contributed by atoms with Crippen LogP contribution in [0.5, 0.6) is 0 Å². The average molecular weight is 328 g/mol. The first-order valence-electron chi connectivity index (χ1n) is 6.88. The molecule has 0 radical (unpaired) electrons. The van der Waals surface area contributed by atoms with Crippen LogP contribution in [0.25, 0.3) is 0 Å². The molecule has 0 heterocycles. The van der Waals surface area contributed by atoms with Crippen LogP contribution in [0.3, 0.4) is 0 Å². The molecule has 0 bridgehead atoms. The number of anilines is 1. The first-order chi connectivity index (χ1) is 11.1. The summed E-state index contributed by atoms with van der Waals surface area (Å²) in [6.07, 6.45) is -0.183. The summed E-state index contributed by atoms with van der Waals surface area (Å²) in [4.78, 5) is 23.3. The first kappa shape index (κ1) is 16.5. The quantitative estimate of drug-likeness (QED) is 0.885. The SMILES string of the molecule is N#CCC(=O)Nc1ccc(CNC(=O)c2cccc(Cl)c2)cc1. The van der Waals surface area contributed by atoms with Crippen LogP contribution in [-0.2, 0) is 11.3 Å². The van der Waals surface area contributed by atoms with E-state index in [2.05, 4.69) is 10.6 Å². The number of nitriles is 1. The Labute approximate surface area is 138 Å². The maximum atomic E-state index is 12.0. The number of nitrogens with zero attached hydrogens (tertiary/aromatic N) is 1. The van der Waals surface area contributed by atoms with Crippen molar-refractivity contribution in [2.75, 3.05) is 5.32 Å². The van der Waals surface area contributed by atoms with Crippen LogP contribution in [0.4, 0.5) is 5.69 Å². The number of halogens is 1. The van der Waals surface area contributed by atoms with Gasteiger partial charge in [0.05, 0.1) is 6.07 Å². The van der Waals surface area contributed by atoms with Crippen molar-refractivity contribution in [3.8, 4) is 6.07 Å². The monoisotopic (exact) mass is 327 g/mol. The number of carbonyl (C=O) groups is 2. The Hall–Kier alpha value is -2.84. The van der Waals surface area contributed by atoms with Gasteiger partial charge >= 0.3 is 0 Å². The molecule has 0 aliphatic heterocycles. The number of rotatable bonds is 5. The highest BCUT2D eigenvalue weighted by Crippen LogP contribution is 2.12. The standard InChI is InChI=1S/C17H14ClN3O2/c18-14-3-1-2-13(10-14)17(23)20-11-12-4-6-15(7-5-12)21-16(22)8-9-19/h1-7,10H,8,11H2,(H,20,23)(H,21,22). The minimum absolute atomic E-state index is 0.183. The Morgan fingerprint density at radius 2 is 1.87 bits per heavy atom. The van der Waals surface area contributed by atoms with Gasteiger partial charge in [0, 0.05) is 22.8 Å². The van der Waals surface area contributed by atoms with Crippen LogP contribution in [0.2, 0.25) is 5.02 Å². The van der Waals surface area contributed by atoms with Crippen LogP contribution in [-0.4, -0.2) is 11.8 Å². The topological polar surface area (TPSA) is 82.0 Å². The molecule has 0 atom stereocenters. The molecule has 0 saturated heterocycles. The molecule has 0 aromatic heterocycles. The van der Waals surface area contributed by atoms with Gasteiger partial charge in [-0.05, 0) is 35.9 Å². The second kappa shape index (κ2) is 7.97. The van der Waals surface area contributed by atoms with Gasteiger partial charge in [-0.1, -0.05) is 29.8 Å². The van der Waals surface area contributed by atoms with Crippen LogP contribution in [0.15, 0.2) is 48.5 Å². The first-order valence-corrected chi connectivity index (χ1v) is 7.26. The van der Waals surface area contributed by atoms with E-state index in [4.69, 9.17) is 16.9 Å². The lowest BCUT2D eigenvalue weighted by atomic mass is 10.2. The fourth-order valence-electron chi connectivity index (χ4n) is 1.90. The fraction of sp³-hybridized carbons (Fsp3) is 0.118. The summed E-state index contributed by atoms with van der Waals surface area (Å²) in [7, 11) is 0. The van der Waals surface area contributed by atoms with E-state index in [-0.39, 0.29) is 18.2 Å². The van der Waals surface area contributed by atoms with Crippen molar-refractivity contribution in [1.29, 1.82) is 5.26 Å². The van der Waals surface area contributed by atoms with Crippen LogP contribution in [0, 0.1) is 11.3 Å². The predicted molar refractivity (Wildman–Crippen MR) is 87.9 cm³/mol. The van der Waals surface area contributed by atoms with Crippen LogP contribution >= 0.6 is 11.6 Å². The maximum absolute atomic E-state index is 12.0. The molecule has 0 fully saturated rings. The van der Waals surface area contributed by atoms with E-state index in [0.717, 1.165) is 5.56 Å². The summed E-state index contributed by atoms with van der Waals surface area (Å²) >= 11 is 5.85. The van der Waals surface area contributed by atoms with Gasteiger partial charge in [-0.15, -0.1) is 0 Å². The van der Waals surface area contributed by atoms with E-state index in [9.17, 15) is 9.59 Å². The van der Waals surface area contributed by atoms with Crippen LogP contribution < -0.4 is 10.6 Å². The number of hydrogen-bond donors (Lipinski definition) is 2. The van der Waals surface area contributed by atoms with Crippen molar-refractivity contribution in [2.24, 2.45) is 0 Å². The van der Waals surface area contributed by atoms with Gasteiger partial charge in [0.25, 0.3) is 5.91 Å². The summed E-state index contributed by atoms with van der Waals surface area (Å²) in [5.74, 6) is -0.562. The van der Waals surface area contributed by atoms with E-state index in [0.29, 0.717) is 22.8 Å². The van der Waals surface area contributed by atoms with Gasteiger partial charge in [-0.25, -0.2) is 0 Å². The number of carbonyl (C=O) groups excluding carboxylic acids is 2. The molecule has 23 heavy (non-hydrogen) atoms. The lowest BCUT2D eigenvalue weighted by molar-refractivity contribution is -0.115. The van der Waals surface area contributed by atoms with Crippen LogP contribution in [0.1, 0.15) is 22.3 Å². The molecule has 0 aliphatic rings. The molecule has 116 valence electrons. The Morgan fingerprint density at radius 1 is 1.13 bits per heavy atom. The zero-order chi connectivity index (χ0) is 16.7. The maximum Gasteiger partial charge on any atom is 0.251 e. The van der Waals surface area contributed by atoms with Gasteiger partial charge in [-0.2, -0.15) is 5.26 Å². The summed E-state index contributed by atoms with van der Waals surface area (Å²) in [6, 6.07) is 15.5. The van der Waals surface area contributed by atoms with Crippen molar-refractivity contribution in [2.45, 2.75) is 13.0 Å². The molecule has 6 heteroatoms. The molecule has 5 nitrogen and oxygen atoms in total. The minimum atomic E-state index is -0.352. The molecule has 2 amide bonds. The summed E-state index contributed by atoms with van der Waals surface area (Å²) < 4.78 is 0. The van der Waals surface area contributed by atoms with Crippen molar-refractivity contribution in [3.05, 3.63) is 64.7 Å². The smallest absolute Gasteiger partial charge is 0.251 e. The third-order valence-electron chi connectivity index (χ3n) is 3.02. The third-order valence-corrected chi connectivity index (χ3v) is 3.25. The predicted octanol–water partition coefficient (Wildman–Crippen LogP) is 3.12. The summed E-state index contributed by atoms with van der Waals surface area (Å²) in [5, 5.41) is 14.3. The molecule has 2 rings (SSSR count). The zero-order valence-electron chi connectivity index (χ0n) is 12.2. The third kappa shape index (κ3) is 5.13. The fourth-order valence-corrected chi connectivity index (χ4v) is 2.09. The van der Waals surface area contributed by atoms with Crippen molar-refractivity contribution in [3.63, 3.8) is 0 Å². The normalized spacial score (nSPS) is 9.74. The lowest BCUT2D eigenvalue weighted by Gasteiger charge is -2.07. The van der Waals surface area contributed by atoms with E-state index in [1.807, 2.05) is 0 Å². The second-order valence-electron chi connectivity index (χ2n) is 4.77. The Balaban J connectivity index is 1.90. The summed E-state index contributed by atoms with van der Waals surface area (Å²) in [6.45, 7) is 0.359. The highest BCUT2D eigenvalue weighted by molar-refractivity contribution is 6.30. The van der Waals surface area contributed by atoms with E-state index < -0.39 is 0 Å². The van der Waals surface area contributed by atoms with Gasteiger partial charge in [0.15, 0.2) is 0 Å². The van der Waals surface area contributed by atoms with Gasteiger partial charge in [0.1, 0.15) is 6.42 Å². The van der Waals surface area contributed by atoms with E-state index in [1.54, 1.807) is 54.6 Å². The highest BCUT2D eigenvalue weighted by Gasteiger charge is 2.06. The lowest BCUT2D eigenvalue weighted by Crippen LogP contribution is -2.22. The van der Waals surface area contributed by atoms with Gasteiger partial charge in [0.2, 0.25) is 5.91 Å². The molecular formula is C17H14ClN3O2. The second-order valence-corrected chi connectivity index (χ2v) is 5.21. The summed E-state index contributed by atoms with van der Waals surface area (Å²) in [5.41, 5.74) is 1.99.